The smallest absolute Gasteiger partial charge is 0.251 e. The maximum absolute atomic E-state index is 13.0. The van der Waals surface area contributed by atoms with Crippen LogP contribution in [0.1, 0.15) is 35.0 Å². The topological polar surface area (TPSA) is 199 Å². The van der Waals surface area contributed by atoms with Gasteiger partial charge in [-0.1, -0.05) is 12.0 Å². The van der Waals surface area contributed by atoms with Crippen molar-refractivity contribution in [2.45, 2.75) is 32.1 Å². The molecule has 2 aliphatic heterocycles. The van der Waals surface area contributed by atoms with Gasteiger partial charge >= 0.3 is 0 Å². The highest BCUT2D eigenvalue weighted by atomic mass is 32.2. The first-order chi connectivity index (χ1) is 24.7. The fourth-order valence-electron chi connectivity index (χ4n) is 5.99. The van der Waals surface area contributed by atoms with E-state index >= 15 is 0 Å². The van der Waals surface area contributed by atoms with Crippen LogP contribution >= 0.6 is 11.8 Å². The van der Waals surface area contributed by atoms with Gasteiger partial charge in [0.05, 0.1) is 11.5 Å². The number of imidazole rings is 1. The number of carbonyl (C=O) groups is 1. The van der Waals surface area contributed by atoms with Gasteiger partial charge in [-0.15, -0.1) is 17.7 Å². The number of aryl methyl sites for hydroxylation is 1. The molecule has 4 aromatic rings. The molecule has 0 bridgehead atoms. The number of hydrogen-bond donors (Lipinski definition) is 5. The number of aliphatic hydroxyl groups excluding tert-OH is 2. The van der Waals surface area contributed by atoms with Crippen LogP contribution < -0.4 is 16.5 Å². The molecule has 3 aliphatic rings. The summed E-state index contributed by atoms with van der Waals surface area (Å²) in [5, 5.41) is 34.8. The zero-order chi connectivity index (χ0) is 35.6. The van der Waals surface area contributed by atoms with Crippen LogP contribution in [0.4, 0.5) is 5.82 Å². The van der Waals surface area contributed by atoms with Crippen LogP contribution in [0.3, 0.4) is 0 Å². The van der Waals surface area contributed by atoms with E-state index in [1.165, 1.54) is 47.2 Å². The van der Waals surface area contributed by atoms with Gasteiger partial charge in [-0.2, -0.15) is 0 Å². The van der Waals surface area contributed by atoms with Gasteiger partial charge in [0.25, 0.3) is 5.91 Å². The number of rotatable bonds is 9. The molecule has 0 fully saturated rings. The molecule has 1 unspecified atom stereocenters. The Kier molecular flexibility index (Phi) is 9.22. The fourth-order valence-corrected chi connectivity index (χ4v) is 6.70. The van der Waals surface area contributed by atoms with Gasteiger partial charge in [0.15, 0.2) is 28.8 Å². The van der Waals surface area contributed by atoms with E-state index in [-0.39, 0.29) is 34.4 Å². The molecule has 0 spiro atoms. The summed E-state index contributed by atoms with van der Waals surface area (Å²) in [6.45, 7) is 2.37. The Labute approximate surface area is 295 Å². The summed E-state index contributed by atoms with van der Waals surface area (Å²) in [5.74, 6) is 7.45. The second kappa shape index (κ2) is 14.1. The van der Waals surface area contributed by atoms with E-state index in [1.54, 1.807) is 24.3 Å². The summed E-state index contributed by atoms with van der Waals surface area (Å²) in [6.07, 6.45) is 1.75. The number of aromatic nitrogens is 4. The number of nitrogens with one attached hydrogen (secondary N) is 1. The third-order valence-corrected chi connectivity index (χ3v) is 9.31. The first-order valence-electron chi connectivity index (χ1n) is 16.0. The van der Waals surface area contributed by atoms with Crippen molar-refractivity contribution < 1.29 is 29.3 Å². The second-order valence-corrected chi connectivity index (χ2v) is 12.9. The van der Waals surface area contributed by atoms with Gasteiger partial charge in [0.1, 0.15) is 41.0 Å². The summed E-state index contributed by atoms with van der Waals surface area (Å²) >= 11 is 1.43. The second-order valence-electron chi connectivity index (χ2n) is 11.9. The molecule has 6 N–H and O–H groups in total. The number of amides is 1. The molecule has 4 heterocycles. The number of carbonyl (C=O) groups excluding carboxylic acids is 1. The summed E-state index contributed by atoms with van der Waals surface area (Å²) in [7, 11) is 0. The zero-order valence-electron chi connectivity index (χ0n) is 27.3. The monoisotopic (exact) mass is 704 g/mol. The van der Waals surface area contributed by atoms with Crippen molar-refractivity contribution >= 4 is 45.6 Å². The normalized spacial score (nSPS) is 15.6. The Balaban J connectivity index is 0.899. The van der Waals surface area contributed by atoms with Crippen LogP contribution in [0.25, 0.3) is 44.6 Å². The molecule has 2 aromatic carbocycles. The Morgan fingerprint density at radius 1 is 1.06 bits per heavy atom. The summed E-state index contributed by atoms with van der Waals surface area (Å²) in [4.78, 5) is 37.3. The largest absolute Gasteiger partial charge is 0.508 e. The van der Waals surface area contributed by atoms with Crippen molar-refractivity contribution in [1.29, 1.82) is 0 Å². The number of nitrogens with two attached hydrogens (primary N) is 1. The van der Waals surface area contributed by atoms with Crippen LogP contribution in [-0.4, -0.2) is 64.9 Å². The minimum Gasteiger partial charge on any atom is -0.508 e. The maximum atomic E-state index is 13.0. The maximum Gasteiger partial charge on any atom is 0.251 e. The number of nitrogen functional groups attached to an aromatic ring is 1. The molecule has 13 nitrogen and oxygen atoms in total. The Morgan fingerprint density at radius 3 is 2.75 bits per heavy atom. The van der Waals surface area contributed by atoms with Gasteiger partial charge in [0, 0.05) is 47.2 Å². The summed E-state index contributed by atoms with van der Waals surface area (Å²) < 4.78 is 13.3. The van der Waals surface area contributed by atoms with E-state index in [4.69, 9.17) is 14.9 Å². The number of fused-ring (bicyclic) bond motifs is 3. The molecule has 14 heteroatoms. The highest BCUT2D eigenvalue weighted by molar-refractivity contribution is 7.99. The molecular formula is C37H32N6O7S. The lowest BCUT2D eigenvalue weighted by molar-refractivity contribution is -0.00508. The summed E-state index contributed by atoms with van der Waals surface area (Å²) in [5.41, 5.74) is 10.7. The van der Waals surface area contributed by atoms with E-state index in [0.717, 1.165) is 27.6 Å². The lowest BCUT2D eigenvalue weighted by atomic mass is 9.90. The Hall–Kier alpha value is -6.04. The molecule has 1 amide bonds. The molecule has 7 rings (SSSR count). The van der Waals surface area contributed by atoms with Crippen molar-refractivity contribution in [3.63, 3.8) is 0 Å². The number of thioether (sulfide) groups is 1. The van der Waals surface area contributed by atoms with E-state index in [1.807, 2.05) is 19.1 Å². The number of unbranched alkanes of at least 4 members (excludes halogenated alkanes) is 1. The molecule has 0 saturated heterocycles. The number of aliphatic hydroxyl groups is 2. The zero-order valence-corrected chi connectivity index (χ0v) is 28.1. The molecule has 51 heavy (non-hydrogen) atoms. The third kappa shape index (κ3) is 6.64. The van der Waals surface area contributed by atoms with Gasteiger partial charge < -0.3 is 35.5 Å². The van der Waals surface area contributed by atoms with Gasteiger partial charge in [0.2, 0.25) is 6.23 Å². The van der Waals surface area contributed by atoms with Gasteiger partial charge in [-0.3, -0.25) is 14.2 Å². The molecule has 0 saturated carbocycles. The first kappa shape index (κ1) is 33.5. The Morgan fingerprint density at radius 2 is 1.90 bits per heavy atom. The minimum atomic E-state index is -1.29. The van der Waals surface area contributed by atoms with E-state index in [9.17, 15) is 24.9 Å². The van der Waals surface area contributed by atoms with Crippen molar-refractivity contribution in [2.24, 2.45) is 0 Å². The van der Waals surface area contributed by atoms with Crippen LogP contribution in [0.2, 0.25) is 0 Å². The van der Waals surface area contributed by atoms with E-state index < -0.39 is 12.3 Å². The average Bonchev–Trinajstić information content (AvgIpc) is 3.67. The Bertz CT molecular complexity index is 2430. The van der Waals surface area contributed by atoms with Crippen LogP contribution in [0, 0.1) is 18.8 Å². The van der Waals surface area contributed by atoms with Crippen LogP contribution in [0.15, 0.2) is 88.0 Å². The van der Waals surface area contributed by atoms with Gasteiger partial charge in [-0.25, -0.2) is 15.0 Å². The molecule has 2 atom stereocenters. The van der Waals surface area contributed by atoms with E-state index in [2.05, 4.69) is 32.1 Å². The van der Waals surface area contributed by atoms with E-state index in [0.29, 0.717) is 59.0 Å². The van der Waals surface area contributed by atoms with Gasteiger partial charge in [-0.05, 0) is 60.9 Å². The van der Waals surface area contributed by atoms with Crippen molar-refractivity contribution in [2.75, 3.05) is 23.8 Å². The number of ether oxygens (including phenoxy) is 1. The number of nitrogens with zero attached hydrogens (tertiary/aromatic N) is 4. The molecule has 2 aromatic heterocycles. The van der Waals surface area contributed by atoms with Crippen molar-refractivity contribution in [1.82, 2.24) is 24.8 Å². The highest BCUT2D eigenvalue weighted by Gasteiger charge is 2.38. The lowest BCUT2D eigenvalue weighted by Crippen LogP contribution is -2.24. The molecule has 0 radical (unpaired) electrons. The number of phenolic OH excluding ortho intramolecular Hbond substituents is 1. The minimum absolute atomic E-state index is 0.0527. The third-order valence-electron chi connectivity index (χ3n) is 8.49. The van der Waals surface area contributed by atoms with Crippen molar-refractivity contribution in [3.8, 4) is 40.0 Å². The highest BCUT2D eigenvalue weighted by Crippen LogP contribution is 2.42. The quantitative estimate of drug-likeness (QED) is 0.0776. The number of hydrogen-bond acceptors (Lipinski definition) is 12. The van der Waals surface area contributed by atoms with Crippen molar-refractivity contribution in [3.05, 3.63) is 100 Å². The predicted molar refractivity (Wildman–Crippen MR) is 193 cm³/mol. The predicted octanol–water partition coefficient (Wildman–Crippen LogP) is 4.91. The molecular weight excluding hydrogens is 673 g/mol. The number of benzene rings is 3. The summed E-state index contributed by atoms with van der Waals surface area (Å²) in [6, 6.07) is 15.0. The SMILES string of the molecule is Cc1cc(C(=O)NCCCC#CCSCC2=C(O)C(O)[C@H](n3cnc4c(N)ncnc43)O2)ccc1-c1c2ccc(=O)cc-2oc2cc(O)ccc12. The number of phenols is 1. The standard InChI is InChI=1S/C37H32N6O7S/c1-20-14-21(6-9-24(20)30-25-10-7-22(44)15-27(25)49-28-16-23(45)8-11-26(28)30)36(48)39-12-4-2-3-5-13-51-17-29-32(46)33(47)37(50-29)43-19-42-31-34(38)40-18-41-35(31)43/h6-11,14-16,18-19,33,37,44,46-47H,2,4,12-13,17H2,1H3,(H,39,48)(H2,38,40,41)/t33?,37-/m1/s1. The number of anilines is 1. The first-order valence-corrected chi connectivity index (χ1v) is 17.2. The molecule has 1 aliphatic carbocycles. The number of aromatic hydroxyl groups is 1. The van der Waals surface area contributed by atoms with Crippen LogP contribution in [-0.2, 0) is 4.74 Å². The lowest BCUT2D eigenvalue weighted by Gasteiger charge is -2.17. The fraction of sp³-hybridized carbons (Fsp3) is 0.216. The van der Waals surface area contributed by atoms with Crippen LogP contribution in [0.5, 0.6) is 5.75 Å². The average molecular weight is 705 g/mol. The molecule has 258 valence electrons.